The number of rotatable bonds is 7. The minimum atomic E-state index is -0.0824. The summed E-state index contributed by atoms with van der Waals surface area (Å²) in [4.78, 5) is 12.6. The molecule has 34 heavy (non-hydrogen) atoms. The first-order valence-corrected chi connectivity index (χ1v) is 12.5. The number of ether oxygens (including phenoxy) is 2. The Morgan fingerprint density at radius 1 is 0.971 bits per heavy atom. The van der Waals surface area contributed by atoms with Crippen molar-refractivity contribution in [3.05, 3.63) is 77.3 Å². The summed E-state index contributed by atoms with van der Waals surface area (Å²) in [6.07, 6.45) is 0.325. The highest BCUT2D eigenvalue weighted by atomic mass is 79.9. The third-order valence-electron chi connectivity index (χ3n) is 5.15. The van der Waals surface area contributed by atoms with Crippen LogP contribution in [0.3, 0.4) is 0 Å². The molecule has 0 unspecified atom stereocenters. The molecule has 1 amide bonds. The first-order chi connectivity index (χ1) is 16.7. The van der Waals surface area contributed by atoms with Crippen molar-refractivity contribution in [1.82, 2.24) is 14.8 Å². The van der Waals surface area contributed by atoms with Crippen LogP contribution in [-0.2, 0) is 4.79 Å². The molecule has 0 fully saturated rings. The van der Waals surface area contributed by atoms with Gasteiger partial charge in [-0.2, -0.15) is 0 Å². The van der Waals surface area contributed by atoms with Crippen molar-refractivity contribution in [2.75, 3.05) is 24.3 Å². The molecule has 1 N–H and O–H groups in total. The number of carbonyl (C=O) groups is 1. The topological polar surface area (TPSA) is 78.3 Å². The standard InChI is InChI=1S/C25H21BrN4O3S/c26-20-9-5-4-8-19(20)24-28-29-25(30(24)18-6-2-1-3-7-18)34-15-12-23(31)27-17-10-11-21-22(16-17)33-14-13-32-21/h1-11,16H,12-15H2,(H,27,31). The summed E-state index contributed by atoms with van der Waals surface area (Å²) < 4.78 is 14.1. The number of amides is 1. The molecule has 0 aliphatic carbocycles. The molecule has 4 aromatic rings. The Hall–Kier alpha value is -3.30. The monoisotopic (exact) mass is 536 g/mol. The molecular weight excluding hydrogens is 516 g/mol. The van der Waals surface area contributed by atoms with E-state index >= 15 is 0 Å². The lowest BCUT2D eigenvalue weighted by Gasteiger charge is -2.19. The van der Waals surface area contributed by atoms with E-state index in [-0.39, 0.29) is 5.91 Å². The van der Waals surface area contributed by atoms with Crippen LogP contribution in [0.2, 0.25) is 0 Å². The normalized spacial score (nSPS) is 12.4. The zero-order valence-corrected chi connectivity index (χ0v) is 20.5. The van der Waals surface area contributed by atoms with Gasteiger partial charge in [-0.3, -0.25) is 9.36 Å². The third kappa shape index (κ3) is 4.95. The summed E-state index contributed by atoms with van der Waals surface area (Å²) >= 11 is 5.11. The highest BCUT2D eigenvalue weighted by Gasteiger charge is 2.18. The van der Waals surface area contributed by atoms with E-state index in [0.717, 1.165) is 26.7 Å². The van der Waals surface area contributed by atoms with Gasteiger partial charge in [-0.05, 0) is 30.3 Å². The van der Waals surface area contributed by atoms with Crippen LogP contribution in [-0.4, -0.2) is 39.6 Å². The molecular formula is C25H21BrN4O3S. The number of benzene rings is 3. The number of thioether (sulfide) groups is 1. The number of para-hydroxylation sites is 1. The second-order valence-corrected chi connectivity index (χ2v) is 9.38. The number of anilines is 1. The van der Waals surface area contributed by atoms with Crippen LogP contribution < -0.4 is 14.8 Å². The van der Waals surface area contributed by atoms with E-state index < -0.39 is 0 Å². The number of carbonyl (C=O) groups excluding carboxylic acids is 1. The summed E-state index contributed by atoms with van der Waals surface area (Å²) in [5.74, 6) is 2.55. The molecule has 3 aromatic carbocycles. The van der Waals surface area contributed by atoms with Gasteiger partial charge in [-0.25, -0.2) is 0 Å². The Labute approximate surface area is 209 Å². The van der Waals surface area contributed by atoms with E-state index in [9.17, 15) is 4.79 Å². The molecule has 7 nitrogen and oxygen atoms in total. The molecule has 172 valence electrons. The highest BCUT2D eigenvalue weighted by Crippen LogP contribution is 2.34. The number of nitrogens with zero attached hydrogens (tertiary/aromatic N) is 3. The van der Waals surface area contributed by atoms with Crippen molar-refractivity contribution >= 4 is 39.3 Å². The quantitative estimate of drug-likeness (QED) is 0.310. The molecule has 0 bridgehead atoms. The predicted octanol–water partition coefficient (Wildman–Crippen LogP) is 5.59. The molecule has 2 heterocycles. The van der Waals surface area contributed by atoms with Crippen LogP contribution in [0.5, 0.6) is 11.5 Å². The fourth-order valence-corrected chi connectivity index (χ4v) is 4.92. The van der Waals surface area contributed by atoms with Gasteiger partial charge in [-0.15, -0.1) is 10.2 Å². The van der Waals surface area contributed by atoms with E-state index in [1.165, 1.54) is 11.8 Å². The molecule has 0 radical (unpaired) electrons. The molecule has 0 spiro atoms. The van der Waals surface area contributed by atoms with Gasteiger partial charge in [0.15, 0.2) is 22.5 Å². The maximum Gasteiger partial charge on any atom is 0.225 e. The number of hydrogen-bond acceptors (Lipinski definition) is 6. The number of aromatic nitrogens is 3. The largest absolute Gasteiger partial charge is 0.486 e. The predicted molar refractivity (Wildman–Crippen MR) is 136 cm³/mol. The van der Waals surface area contributed by atoms with Gasteiger partial charge in [0.1, 0.15) is 13.2 Å². The third-order valence-corrected chi connectivity index (χ3v) is 6.77. The van der Waals surface area contributed by atoms with E-state index in [0.29, 0.717) is 42.6 Å². The minimum Gasteiger partial charge on any atom is -0.486 e. The molecule has 5 rings (SSSR count). The smallest absolute Gasteiger partial charge is 0.225 e. The molecule has 0 saturated heterocycles. The van der Waals surface area contributed by atoms with Gasteiger partial charge in [0, 0.05) is 39.7 Å². The summed E-state index contributed by atoms with van der Waals surface area (Å²) in [5, 5.41) is 12.6. The Bertz CT molecular complexity index is 1310. The number of nitrogens with one attached hydrogen (secondary N) is 1. The molecule has 0 atom stereocenters. The lowest BCUT2D eigenvalue weighted by atomic mass is 10.2. The van der Waals surface area contributed by atoms with E-state index in [4.69, 9.17) is 9.47 Å². The maximum absolute atomic E-state index is 12.6. The van der Waals surface area contributed by atoms with Gasteiger partial charge >= 0.3 is 0 Å². The Morgan fingerprint density at radius 2 is 1.74 bits per heavy atom. The van der Waals surface area contributed by atoms with Crippen LogP contribution in [0, 0.1) is 0 Å². The molecule has 0 saturated carbocycles. The van der Waals surface area contributed by atoms with Gasteiger partial charge in [-0.1, -0.05) is 64.1 Å². The summed E-state index contributed by atoms with van der Waals surface area (Å²) in [6.45, 7) is 1.04. The minimum absolute atomic E-state index is 0.0824. The number of fused-ring (bicyclic) bond motifs is 1. The second-order valence-electron chi connectivity index (χ2n) is 7.46. The lowest BCUT2D eigenvalue weighted by molar-refractivity contribution is -0.115. The Morgan fingerprint density at radius 3 is 2.56 bits per heavy atom. The molecule has 1 aliphatic heterocycles. The van der Waals surface area contributed by atoms with E-state index in [1.54, 1.807) is 6.07 Å². The van der Waals surface area contributed by atoms with Crippen LogP contribution in [0.1, 0.15) is 6.42 Å². The zero-order valence-electron chi connectivity index (χ0n) is 18.1. The van der Waals surface area contributed by atoms with E-state index in [2.05, 4.69) is 31.4 Å². The van der Waals surface area contributed by atoms with Crippen LogP contribution in [0.4, 0.5) is 5.69 Å². The fraction of sp³-hybridized carbons (Fsp3) is 0.160. The van der Waals surface area contributed by atoms with Crippen LogP contribution >= 0.6 is 27.7 Å². The molecule has 9 heteroatoms. The van der Waals surface area contributed by atoms with E-state index in [1.807, 2.05) is 71.3 Å². The van der Waals surface area contributed by atoms with Crippen molar-refractivity contribution in [3.8, 4) is 28.6 Å². The average Bonchev–Trinajstić information content (AvgIpc) is 3.28. The zero-order chi connectivity index (χ0) is 23.3. The van der Waals surface area contributed by atoms with Gasteiger partial charge in [0.05, 0.1) is 0 Å². The first kappa shape index (κ1) is 22.5. The SMILES string of the molecule is O=C(CCSc1nnc(-c2ccccc2Br)n1-c1ccccc1)Nc1ccc2c(c1)OCCO2. The van der Waals surface area contributed by atoms with Crippen molar-refractivity contribution in [1.29, 1.82) is 0 Å². The van der Waals surface area contributed by atoms with Crippen molar-refractivity contribution in [3.63, 3.8) is 0 Å². The average molecular weight is 537 g/mol. The van der Waals surface area contributed by atoms with Crippen molar-refractivity contribution in [2.45, 2.75) is 11.6 Å². The Kier molecular flexibility index (Phi) is 6.82. The molecule has 1 aromatic heterocycles. The second kappa shape index (κ2) is 10.3. The maximum atomic E-state index is 12.6. The number of hydrogen-bond donors (Lipinski definition) is 1. The summed E-state index contributed by atoms with van der Waals surface area (Å²) in [6, 6.07) is 23.3. The van der Waals surface area contributed by atoms with Gasteiger partial charge in [0.25, 0.3) is 0 Å². The van der Waals surface area contributed by atoms with Crippen LogP contribution in [0.15, 0.2) is 82.4 Å². The van der Waals surface area contributed by atoms with Crippen molar-refractivity contribution in [2.24, 2.45) is 0 Å². The summed E-state index contributed by atoms with van der Waals surface area (Å²) in [7, 11) is 0. The highest BCUT2D eigenvalue weighted by molar-refractivity contribution is 9.10. The Balaban J connectivity index is 1.29. The number of halogens is 1. The lowest BCUT2D eigenvalue weighted by Crippen LogP contribution is -2.16. The van der Waals surface area contributed by atoms with Crippen molar-refractivity contribution < 1.29 is 14.3 Å². The fourth-order valence-electron chi connectivity index (χ4n) is 3.57. The van der Waals surface area contributed by atoms with Crippen LogP contribution in [0.25, 0.3) is 17.1 Å². The molecule has 1 aliphatic rings. The summed E-state index contributed by atoms with van der Waals surface area (Å²) in [5.41, 5.74) is 2.59. The van der Waals surface area contributed by atoms with Gasteiger partial charge < -0.3 is 14.8 Å². The first-order valence-electron chi connectivity index (χ1n) is 10.8. The van der Waals surface area contributed by atoms with Gasteiger partial charge in [0.2, 0.25) is 5.91 Å².